The Balaban J connectivity index is 4.20. The van der Waals surface area contributed by atoms with Gasteiger partial charge in [-0.25, -0.2) is 4.57 Å². The number of phosphoric ester groups is 1. The van der Waals surface area contributed by atoms with E-state index in [9.17, 15) is 19.0 Å². The van der Waals surface area contributed by atoms with Crippen LogP contribution in [0.15, 0.2) is 12.2 Å². The van der Waals surface area contributed by atoms with Crippen molar-refractivity contribution in [1.82, 2.24) is 0 Å². The minimum absolute atomic E-state index is 0.0197. The van der Waals surface area contributed by atoms with Gasteiger partial charge >= 0.3 is 19.8 Å². The van der Waals surface area contributed by atoms with E-state index in [-0.39, 0.29) is 13.0 Å². The minimum Gasteiger partial charge on any atom is -0.480 e. The number of allylic oxidation sites excluding steroid dienone is 2. The Morgan fingerprint density at radius 2 is 1.04 bits per heavy atom. The van der Waals surface area contributed by atoms with E-state index in [4.69, 9.17) is 29.4 Å². The molecule has 0 aliphatic heterocycles. The predicted molar refractivity (Wildman–Crippen MR) is 203 cm³/mol. The highest BCUT2D eigenvalue weighted by molar-refractivity contribution is 7.47. The summed E-state index contributed by atoms with van der Waals surface area (Å²) in [6.07, 6.45) is 35.5. The summed E-state index contributed by atoms with van der Waals surface area (Å²) >= 11 is 0. The second kappa shape index (κ2) is 36.1. The zero-order chi connectivity index (χ0) is 37.0. The largest absolute Gasteiger partial charge is 0.480 e. The number of esters is 1. The summed E-state index contributed by atoms with van der Waals surface area (Å²) in [6.45, 7) is 3.86. The molecule has 4 N–H and O–H groups in total. The van der Waals surface area contributed by atoms with Gasteiger partial charge in [-0.3, -0.25) is 18.6 Å². The van der Waals surface area contributed by atoms with E-state index < -0.39 is 45.1 Å². The molecule has 0 radical (unpaired) electrons. The molecule has 296 valence electrons. The van der Waals surface area contributed by atoms with Crippen LogP contribution in [0, 0.1) is 0 Å². The molecule has 50 heavy (non-hydrogen) atoms. The van der Waals surface area contributed by atoms with E-state index in [0.717, 1.165) is 32.1 Å². The SMILES string of the molecule is CCCCCCCC/C=C\CCCCCCCCCCOCC(COP(=O)(O)OCC(N)C(=O)O)OC(=O)CCCCCCCCCCCC. The maximum atomic E-state index is 12.5. The third kappa shape index (κ3) is 35.1. The Morgan fingerprint density at radius 3 is 1.52 bits per heavy atom. The molecule has 0 aliphatic carbocycles. The first-order chi connectivity index (χ1) is 24.2. The summed E-state index contributed by atoms with van der Waals surface area (Å²) < 4.78 is 33.2. The van der Waals surface area contributed by atoms with Gasteiger partial charge in [0.15, 0.2) is 0 Å². The molecule has 11 heteroatoms. The number of carboxylic acids is 1. The van der Waals surface area contributed by atoms with E-state index in [1.54, 1.807) is 0 Å². The van der Waals surface area contributed by atoms with Crippen LogP contribution < -0.4 is 5.73 Å². The van der Waals surface area contributed by atoms with Crippen LogP contribution in [0.5, 0.6) is 0 Å². The zero-order valence-corrected chi connectivity index (χ0v) is 32.9. The molecule has 0 saturated carbocycles. The number of aliphatic carboxylic acids is 1. The molecule has 0 aromatic carbocycles. The van der Waals surface area contributed by atoms with E-state index in [1.165, 1.54) is 128 Å². The van der Waals surface area contributed by atoms with Gasteiger partial charge in [0.25, 0.3) is 0 Å². The van der Waals surface area contributed by atoms with Crippen LogP contribution in [-0.2, 0) is 32.7 Å². The van der Waals surface area contributed by atoms with Crippen LogP contribution in [0.4, 0.5) is 0 Å². The number of carbonyl (C=O) groups is 2. The Labute approximate surface area is 305 Å². The number of ether oxygens (including phenoxy) is 2. The molecule has 0 spiro atoms. The fourth-order valence-corrected chi connectivity index (χ4v) is 6.38. The van der Waals surface area contributed by atoms with E-state index in [0.29, 0.717) is 13.0 Å². The average molecular weight is 734 g/mol. The maximum absolute atomic E-state index is 12.5. The molecule has 0 saturated heterocycles. The first-order valence-electron chi connectivity index (χ1n) is 20.2. The number of hydrogen-bond acceptors (Lipinski definition) is 8. The molecular formula is C39H76NO9P. The molecule has 0 rings (SSSR count). The molecular weight excluding hydrogens is 657 g/mol. The van der Waals surface area contributed by atoms with Crippen molar-refractivity contribution in [3.05, 3.63) is 12.2 Å². The average Bonchev–Trinajstić information content (AvgIpc) is 3.09. The van der Waals surface area contributed by atoms with Gasteiger partial charge in [-0.1, -0.05) is 154 Å². The topological polar surface area (TPSA) is 155 Å². The van der Waals surface area contributed by atoms with Crippen molar-refractivity contribution in [3.8, 4) is 0 Å². The molecule has 0 aromatic rings. The van der Waals surface area contributed by atoms with E-state index >= 15 is 0 Å². The first kappa shape index (κ1) is 48.7. The highest BCUT2D eigenvalue weighted by atomic mass is 31.2. The van der Waals surface area contributed by atoms with Crippen LogP contribution in [-0.4, -0.2) is 60.5 Å². The zero-order valence-electron chi connectivity index (χ0n) is 32.0. The van der Waals surface area contributed by atoms with Gasteiger partial charge in [0.2, 0.25) is 0 Å². The monoisotopic (exact) mass is 734 g/mol. The Bertz CT molecular complexity index is 857. The van der Waals surface area contributed by atoms with Crippen molar-refractivity contribution < 1.29 is 42.7 Å². The molecule has 0 heterocycles. The number of nitrogens with two attached hydrogens (primary N) is 1. The number of carboxylic acid groups (broad SMARTS) is 1. The van der Waals surface area contributed by atoms with E-state index in [2.05, 4.69) is 26.0 Å². The minimum atomic E-state index is -4.60. The quantitative estimate of drug-likeness (QED) is 0.0240. The first-order valence-corrected chi connectivity index (χ1v) is 21.7. The molecule has 3 unspecified atom stereocenters. The summed E-state index contributed by atoms with van der Waals surface area (Å²) in [7, 11) is -4.60. The third-order valence-electron chi connectivity index (χ3n) is 8.79. The summed E-state index contributed by atoms with van der Waals surface area (Å²) in [4.78, 5) is 33.4. The highest BCUT2D eigenvalue weighted by Gasteiger charge is 2.27. The normalized spacial score (nSPS) is 14.2. The molecule has 0 aromatic heterocycles. The number of hydrogen-bond donors (Lipinski definition) is 3. The second-order valence-electron chi connectivity index (χ2n) is 13.8. The molecule has 3 atom stereocenters. The fourth-order valence-electron chi connectivity index (χ4n) is 5.60. The molecule has 0 amide bonds. The van der Waals surface area contributed by atoms with Crippen LogP contribution in [0.3, 0.4) is 0 Å². The Morgan fingerprint density at radius 1 is 0.620 bits per heavy atom. The van der Waals surface area contributed by atoms with E-state index in [1.807, 2.05) is 0 Å². The van der Waals surface area contributed by atoms with Crippen LogP contribution >= 0.6 is 7.82 Å². The Kier molecular flexibility index (Phi) is 35.2. The predicted octanol–water partition coefficient (Wildman–Crippen LogP) is 10.6. The van der Waals surface area contributed by atoms with Crippen molar-refractivity contribution in [1.29, 1.82) is 0 Å². The lowest BCUT2D eigenvalue weighted by molar-refractivity contribution is -0.154. The van der Waals surface area contributed by atoms with Gasteiger partial charge in [0, 0.05) is 13.0 Å². The van der Waals surface area contributed by atoms with Crippen LogP contribution in [0.25, 0.3) is 0 Å². The van der Waals surface area contributed by atoms with Crippen molar-refractivity contribution >= 4 is 19.8 Å². The summed E-state index contributed by atoms with van der Waals surface area (Å²) in [5.74, 6) is -1.78. The fraction of sp³-hybridized carbons (Fsp3) is 0.897. The third-order valence-corrected chi connectivity index (χ3v) is 9.75. The molecule has 10 nitrogen and oxygen atoms in total. The number of phosphoric acid groups is 1. The lowest BCUT2D eigenvalue weighted by atomic mass is 10.1. The van der Waals surface area contributed by atoms with Gasteiger partial charge in [-0.05, 0) is 38.5 Å². The summed E-state index contributed by atoms with van der Waals surface area (Å²) in [5.41, 5.74) is 5.34. The van der Waals surface area contributed by atoms with Gasteiger partial charge in [-0.15, -0.1) is 0 Å². The number of rotatable bonds is 39. The standard InChI is InChI=1S/C39H76NO9P/c1-3-5-7-9-11-13-15-16-17-18-19-20-21-22-24-26-28-30-32-46-33-36(34-47-50(44,45)48-35-37(40)39(42)43)49-38(41)31-29-27-25-23-14-12-10-8-6-4-2/h16-17,36-37H,3-15,18-35,40H2,1-2H3,(H,42,43)(H,44,45)/b17-16-. The number of unbranched alkanes of at least 4 members (excludes halogenated alkanes) is 23. The van der Waals surface area contributed by atoms with Crippen molar-refractivity contribution in [2.24, 2.45) is 5.73 Å². The lowest BCUT2D eigenvalue weighted by Gasteiger charge is -2.20. The van der Waals surface area contributed by atoms with Gasteiger partial charge < -0.3 is 25.2 Å². The maximum Gasteiger partial charge on any atom is 0.472 e. The smallest absolute Gasteiger partial charge is 0.472 e. The van der Waals surface area contributed by atoms with Gasteiger partial charge in [0.1, 0.15) is 12.1 Å². The molecule has 0 fully saturated rings. The van der Waals surface area contributed by atoms with Gasteiger partial charge in [-0.2, -0.15) is 0 Å². The highest BCUT2D eigenvalue weighted by Crippen LogP contribution is 2.43. The van der Waals surface area contributed by atoms with Crippen molar-refractivity contribution in [2.45, 2.75) is 199 Å². The van der Waals surface area contributed by atoms with Gasteiger partial charge in [0.05, 0.1) is 19.8 Å². The van der Waals surface area contributed by atoms with Crippen molar-refractivity contribution in [3.63, 3.8) is 0 Å². The lowest BCUT2D eigenvalue weighted by Crippen LogP contribution is -2.34. The van der Waals surface area contributed by atoms with Crippen molar-refractivity contribution in [2.75, 3.05) is 26.4 Å². The summed E-state index contributed by atoms with van der Waals surface area (Å²) in [6, 6.07) is -1.47. The summed E-state index contributed by atoms with van der Waals surface area (Å²) in [5, 5.41) is 8.86. The molecule has 0 bridgehead atoms. The Hall–Kier alpha value is -1.29. The second-order valence-corrected chi connectivity index (χ2v) is 15.2. The molecule has 0 aliphatic rings. The van der Waals surface area contributed by atoms with Crippen LogP contribution in [0.2, 0.25) is 0 Å². The van der Waals surface area contributed by atoms with Crippen LogP contribution in [0.1, 0.15) is 187 Å². The number of carbonyl (C=O) groups excluding carboxylic acids is 1.